The molecule has 1 aliphatic rings. The SMILES string of the molecule is C[C@@H]1C[C@H](C)CN(CCNc2cnc3ccc(-c4[nH]cnc4-c4cccc(Cl)c4)cc3c2)C1. The standard InChI is InChI=1S/C27H30ClN5/c1-18-10-19(2)16-33(15-18)9-8-29-24-13-22-11-21(6-7-25(22)30-14-24)27-26(31-17-32-27)20-4-3-5-23(28)12-20/h3-7,11-14,17-19,29H,8-10,15-16H2,1-2H3,(H,31,32)/t18-,19+. The van der Waals surface area contributed by atoms with E-state index in [-0.39, 0.29) is 0 Å². The molecule has 2 aromatic carbocycles. The van der Waals surface area contributed by atoms with Gasteiger partial charge in [0.25, 0.3) is 0 Å². The molecule has 0 amide bonds. The quantitative estimate of drug-likeness (QED) is 0.353. The summed E-state index contributed by atoms with van der Waals surface area (Å²) in [7, 11) is 0. The number of piperidine rings is 1. The maximum absolute atomic E-state index is 6.20. The van der Waals surface area contributed by atoms with Crippen molar-refractivity contribution in [2.45, 2.75) is 20.3 Å². The summed E-state index contributed by atoms with van der Waals surface area (Å²) in [4.78, 5) is 15.1. The molecule has 5 nitrogen and oxygen atoms in total. The van der Waals surface area contributed by atoms with Crippen LogP contribution in [0.4, 0.5) is 5.69 Å². The third kappa shape index (κ3) is 5.05. The second-order valence-corrected chi connectivity index (χ2v) is 9.84. The van der Waals surface area contributed by atoms with Gasteiger partial charge in [0.2, 0.25) is 0 Å². The monoisotopic (exact) mass is 459 g/mol. The number of halogens is 1. The van der Waals surface area contributed by atoms with Crippen LogP contribution < -0.4 is 5.32 Å². The average molecular weight is 460 g/mol. The number of rotatable bonds is 6. The number of imidazole rings is 1. The molecule has 1 saturated heterocycles. The molecule has 0 radical (unpaired) electrons. The van der Waals surface area contributed by atoms with Crippen LogP contribution in [-0.2, 0) is 0 Å². The number of hydrogen-bond donors (Lipinski definition) is 2. The maximum atomic E-state index is 6.20. The Balaban J connectivity index is 1.33. The van der Waals surface area contributed by atoms with E-state index in [1.54, 1.807) is 6.33 Å². The molecule has 3 heterocycles. The van der Waals surface area contributed by atoms with E-state index in [0.717, 1.165) is 64.0 Å². The van der Waals surface area contributed by atoms with E-state index in [2.05, 4.69) is 63.3 Å². The van der Waals surface area contributed by atoms with Crippen LogP contribution in [-0.4, -0.2) is 46.0 Å². The van der Waals surface area contributed by atoms with Crippen molar-refractivity contribution in [1.29, 1.82) is 0 Å². The minimum Gasteiger partial charge on any atom is -0.382 e. The summed E-state index contributed by atoms with van der Waals surface area (Å²) in [5, 5.41) is 5.38. The van der Waals surface area contributed by atoms with Gasteiger partial charge in [0, 0.05) is 47.7 Å². The summed E-state index contributed by atoms with van der Waals surface area (Å²) < 4.78 is 0. The van der Waals surface area contributed by atoms with Gasteiger partial charge in [0.1, 0.15) is 0 Å². The average Bonchev–Trinajstić information content (AvgIpc) is 3.28. The number of pyridine rings is 1. The third-order valence-electron chi connectivity index (χ3n) is 6.41. The molecule has 170 valence electrons. The lowest BCUT2D eigenvalue weighted by molar-refractivity contribution is 0.146. The molecule has 2 atom stereocenters. The van der Waals surface area contributed by atoms with E-state index in [9.17, 15) is 0 Å². The summed E-state index contributed by atoms with van der Waals surface area (Å²) >= 11 is 6.20. The number of benzene rings is 2. The van der Waals surface area contributed by atoms with Crippen molar-refractivity contribution in [3.8, 4) is 22.5 Å². The van der Waals surface area contributed by atoms with Gasteiger partial charge in [0.05, 0.1) is 35.1 Å². The van der Waals surface area contributed by atoms with Crippen molar-refractivity contribution < 1.29 is 0 Å². The molecule has 2 aromatic heterocycles. The second kappa shape index (κ2) is 9.54. The van der Waals surface area contributed by atoms with Crippen molar-refractivity contribution in [2.75, 3.05) is 31.5 Å². The lowest BCUT2D eigenvalue weighted by Gasteiger charge is -2.35. The maximum Gasteiger partial charge on any atom is 0.0961 e. The Kier molecular flexibility index (Phi) is 6.34. The fraction of sp³-hybridized carbons (Fsp3) is 0.333. The number of H-pyrrole nitrogens is 1. The normalized spacial score (nSPS) is 19.1. The number of likely N-dealkylation sites (tertiary alicyclic amines) is 1. The highest BCUT2D eigenvalue weighted by molar-refractivity contribution is 6.30. The summed E-state index contributed by atoms with van der Waals surface area (Å²) in [5.41, 5.74) is 5.97. The summed E-state index contributed by atoms with van der Waals surface area (Å²) in [6.45, 7) is 9.10. The first-order chi connectivity index (χ1) is 16.0. The molecular formula is C27H30ClN5. The molecule has 6 heteroatoms. The molecule has 0 spiro atoms. The van der Waals surface area contributed by atoms with E-state index in [4.69, 9.17) is 11.6 Å². The predicted molar refractivity (Wildman–Crippen MR) is 138 cm³/mol. The van der Waals surface area contributed by atoms with Crippen LogP contribution in [0, 0.1) is 11.8 Å². The Morgan fingerprint density at radius 1 is 1.03 bits per heavy atom. The number of aromatic amines is 1. The zero-order valence-electron chi connectivity index (χ0n) is 19.2. The number of nitrogens with zero attached hydrogens (tertiary/aromatic N) is 3. The number of anilines is 1. The van der Waals surface area contributed by atoms with Crippen LogP contribution >= 0.6 is 11.6 Å². The van der Waals surface area contributed by atoms with Gasteiger partial charge < -0.3 is 15.2 Å². The third-order valence-corrected chi connectivity index (χ3v) is 6.64. The van der Waals surface area contributed by atoms with E-state index in [1.807, 2.05) is 30.5 Å². The van der Waals surface area contributed by atoms with E-state index in [1.165, 1.54) is 19.5 Å². The molecule has 1 fully saturated rings. The lowest BCUT2D eigenvalue weighted by Crippen LogP contribution is -2.41. The number of fused-ring (bicyclic) bond motifs is 1. The van der Waals surface area contributed by atoms with Crippen LogP contribution in [0.3, 0.4) is 0 Å². The molecule has 33 heavy (non-hydrogen) atoms. The molecule has 1 aliphatic heterocycles. The Bertz CT molecular complexity index is 1240. The largest absolute Gasteiger partial charge is 0.382 e. The first-order valence-corrected chi connectivity index (χ1v) is 12.1. The van der Waals surface area contributed by atoms with Gasteiger partial charge in [-0.3, -0.25) is 4.98 Å². The van der Waals surface area contributed by atoms with Crippen molar-refractivity contribution in [2.24, 2.45) is 11.8 Å². The highest BCUT2D eigenvalue weighted by atomic mass is 35.5. The molecule has 0 bridgehead atoms. The highest BCUT2D eigenvalue weighted by Gasteiger charge is 2.21. The minimum atomic E-state index is 0.702. The van der Waals surface area contributed by atoms with Gasteiger partial charge in [-0.2, -0.15) is 0 Å². The molecule has 2 N–H and O–H groups in total. The predicted octanol–water partition coefficient (Wildman–Crippen LogP) is 6.34. The summed E-state index contributed by atoms with van der Waals surface area (Å²) in [6, 6.07) is 16.3. The number of aromatic nitrogens is 3. The van der Waals surface area contributed by atoms with Crippen LogP contribution in [0.5, 0.6) is 0 Å². The topological polar surface area (TPSA) is 56.8 Å². The number of hydrogen-bond acceptors (Lipinski definition) is 4. The summed E-state index contributed by atoms with van der Waals surface area (Å²) in [5.74, 6) is 1.57. The van der Waals surface area contributed by atoms with Gasteiger partial charge in [-0.25, -0.2) is 4.98 Å². The van der Waals surface area contributed by atoms with Gasteiger partial charge in [-0.1, -0.05) is 43.6 Å². The van der Waals surface area contributed by atoms with Crippen molar-refractivity contribution in [3.63, 3.8) is 0 Å². The van der Waals surface area contributed by atoms with Gasteiger partial charge in [0.15, 0.2) is 0 Å². The zero-order chi connectivity index (χ0) is 22.8. The first-order valence-electron chi connectivity index (χ1n) is 11.7. The van der Waals surface area contributed by atoms with E-state index >= 15 is 0 Å². The van der Waals surface area contributed by atoms with Crippen LogP contribution in [0.2, 0.25) is 5.02 Å². The van der Waals surface area contributed by atoms with Crippen LogP contribution in [0.1, 0.15) is 20.3 Å². The Morgan fingerprint density at radius 2 is 1.88 bits per heavy atom. The fourth-order valence-electron chi connectivity index (χ4n) is 5.09. The smallest absolute Gasteiger partial charge is 0.0961 e. The highest BCUT2D eigenvalue weighted by Crippen LogP contribution is 2.32. The van der Waals surface area contributed by atoms with Gasteiger partial charge in [-0.05, 0) is 48.6 Å². The molecular weight excluding hydrogens is 430 g/mol. The van der Waals surface area contributed by atoms with E-state index in [0.29, 0.717) is 5.02 Å². The van der Waals surface area contributed by atoms with Gasteiger partial charge in [-0.15, -0.1) is 0 Å². The minimum absolute atomic E-state index is 0.702. The van der Waals surface area contributed by atoms with Crippen molar-refractivity contribution in [1.82, 2.24) is 19.9 Å². The molecule has 4 aromatic rings. The zero-order valence-corrected chi connectivity index (χ0v) is 19.9. The Labute approximate surface area is 200 Å². The fourth-order valence-corrected chi connectivity index (χ4v) is 5.28. The molecule has 0 saturated carbocycles. The molecule has 0 aliphatic carbocycles. The van der Waals surface area contributed by atoms with Crippen LogP contribution in [0.15, 0.2) is 61.1 Å². The molecule has 5 rings (SSSR count). The van der Waals surface area contributed by atoms with Gasteiger partial charge >= 0.3 is 0 Å². The van der Waals surface area contributed by atoms with Crippen molar-refractivity contribution >= 4 is 28.2 Å². The van der Waals surface area contributed by atoms with Crippen LogP contribution in [0.25, 0.3) is 33.4 Å². The lowest BCUT2D eigenvalue weighted by atomic mass is 9.92. The Morgan fingerprint density at radius 3 is 2.70 bits per heavy atom. The number of nitrogens with one attached hydrogen (secondary N) is 2. The van der Waals surface area contributed by atoms with E-state index < -0.39 is 0 Å². The second-order valence-electron chi connectivity index (χ2n) is 9.40. The first kappa shape index (κ1) is 21.9. The van der Waals surface area contributed by atoms with Crippen molar-refractivity contribution in [3.05, 3.63) is 66.1 Å². The Hall–Kier alpha value is -2.89. The molecule has 0 unspecified atom stereocenters. The summed E-state index contributed by atoms with van der Waals surface area (Å²) in [6.07, 6.45) is 5.00.